The van der Waals surface area contributed by atoms with Gasteiger partial charge < -0.3 is 57.7 Å². The Balaban J connectivity index is 1.86. The van der Waals surface area contributed by atoms with Gasteiger partial charge in [0.05, 0.1) is 47.6 Å². The predicted octanol–water partition coefficient (Wildman–Crippen LogP) is 5.75. The lowest BCUT2D eigenvalue weighted by Crippen LogP contribution is -2.61. The lowest BCUT2D eigenvalue weighted by Gasteiger charge is -2.50. The van der Waals surface area contributed by atoms with Crippen LogP contribution in [0.1, 0.15) is 100 Å². The van der Waals surface area contributed by atoms with Crippen LogP contribution in [0, 0.1) is 17.8 Å². The maximum atomic E-state index is 14.4. The first-order chi connectivity index (χ1) is 28.5. The minimum absolute atomic E-state index is 0.00861. The van der Waals surface area contributed by atoms with E-state index >= 15 is 0 Å². The Kier molecular flexibility index (Phi) is 17.5. The smallest absolute Gasteiger partial charge is 0.459 e. The van der Waals surface area contributed by atoms with E-state index in [0.717, 1.165) is 5.56 Å². The molecule has 346 valence electrons. The Hall–Kier alpha value is -2.99. The predicted molar refractivity (Wildman–Crippen MR) is 225 cm³/mol. The van der Waals surface area contributed by atoms with Crippen molar-refractivity contribution < 1.29 is 67.2 Å². The summed E-state index contributed by atoms with van der Waals surface area (Å²) in [5, 5.41) is 22.7. The van der Waals surface area contributed by atoms with Gasteiger partial charge in [-0.15, -0.1) is 0 Å². The van der Waals surface area contributed by atoms with Crippen LogP contribution in [-0.4, -0.2) is 139 Å². The van der Waals surface area contributed by atoms with E-state index in [9.17, 15) is 24.6 Å². The van der Waals surface area contributed by atoms with Crippen LogP contribution in [-0.2, 0) is 58.8 Å². The molecule has 1 aromatic carbocycles. The van der Waals surface area contributed by atoms with Crippen molar-refractivity contribution >= 4 is 17.9 Å². The Morgan fingerprint density at radius 2 is 1.56 bits per heavy atom. The number of cyclic esters (lactones) is 1. The Bertz CT molecular complexity index is 1640. The van der Waals surface area contributed by atoms with Crippen LogP contribution in [0.3, 0.4) is 0 Å². The number of hydrogen-bond acceptors (Lipinski definition) is 15. The molecule has 2 unspecified atom stereocenters. The van der Waals surface area contributed by atoms with Crippen molar-refractivity contribution in [3.63, 3.8) is 0 Å². The van der Waals surface area contributed by atoms with Crippen LogP contribution < -0.4 is 0 Å². The number of carbonyl (C=O) groups excluding carboxylic acids is 3. The molecule has 16 atom stereocenters. The summed E-state index contributed by atoms with van der Waals surface area (Å²) in [5.41, 5.74) is -2.93. The topological polar surface area (TPSA) is 178 Å². The highest BCUT2D eigenvalue weighted by atomic mass is 16.8. The van der Waals surface area contributed by atoms with Crippen molar-refractivity contribution in [3.8, 4) is 0 Å². The Morgan fingerprint density at radius 1 is 0.918 bits per heavy atom. The fourth-order valence-corrected chi connectivity index (χ4v) is 9.24. The van der Waals surface area contributed by atoms with Crippen molar-refractivity contribution in [2.45, 2.75) is 180 Å². The zero-order chi connectivity index (χ0) is 45.6. The van der Waals surface area contributed by atoms with Gasteiger partial charge in [-0.2, -0.15) is 0 Å². The van der Waals surface area contributed by atoms with Crippen molar-refractivity contribution in [2.75, 3.05) is 28.3 Å². The molecule has 3 aliphatic rings. The second-order valence-electron chi connectivity index (χ2n) is 18.3. The quantitative estimate of drug-likeness (QED) is 0.257. The molecule has 2 N–H and O–H groups in total. The number of ketones is 1. The lowest BCUT2D eigenvalue weighted by atomic mass is 9.76. The van der Waals surface area contributed by atoms with Crippen LogP contribution in [0.5, 0.6) is 0 Å². The molecule has 3 aliphatic heterocycles. The zero-order valence-electron chi connectivity index (χ0n) is 38.7. The first-order valence-corrected chi connectivity index (χ1v) is 21.6. The van der Waals surface area contributed by atoms with Gasteiger partial charge in [-0.05, 0) is 99.0 Å². The number of methoxy groups -OCH3 is 2. The second-order valence-corrected chi connectivity index (χ2v) is 18.3. The Labute approximate surface area is 362 Å². The number of Topliss-reactive ketones (excluding diaryl/α,β-unsaturated/α-hetero) is 1. The highest BCUT2D eigenvalue weighted by Crippen LogP contribution is 2.41. The normalized spacial score (nSPS) is 41.6. The number of carbonyl (C=O) groups is 3. The average Bonchev–Trinajstić information content (AvgIpc) is 3.21. The van der Waals surface area contributed by atoms with E-state index < -0.39 is 95.9 Å². The third-order valence-corrected chi connectivity index (χ3v) is 13.0. The number of ether oxygens (including phenoxy) is 9. The fraction of sp³-hybridized carbons (Fsp3) is 0.761. The molecule has 0 amide bonds. The van der Waals surface area contributed by atoms with Crippen LogP contribution >= 0.6 is 0 Å². The number of nitrogens with zero attached hydrogens (tertiary/aromatic N) is 1. The number of benzene rings is 1. The summed E-state index contributed by atoms with van der Waals surface area (Å²) in [4.78, 5) is 43.9. The standard InChI is InChI=1S/C46H73NO14/c1-15-34-44(8,52)22-26(2)36(48)27(3)23-46(10,54-14)40(29(5)37(30(6)41(50)58-34)59-35-24-45(9,53-13)39(49)31(7)57-35)61-42-38(33(47(11)12)21-28(4)56-42)60-43(51)55-25-32-19-17-16-18-20-32/h16-20,22,27-31,33-35,37-40,42,49,52H,15,21,23-25H2,1-14H3/b26-22+/t27-,28-,29+,30-,31+,33+,34-,35?,37+,38-,39+,40-,42?,44+,45-,46-/m1/s1. The molecule has 2 fully saturated rings. The van der Waals surface area contributed by atoms with E-state index in [4.69, 9.17) is 42.6 Å². The first-order valence-electron chi connectivity index (χ1n) is 21.6. The molecule has 0 aliphatic carbocycles. The van der Waals surface area contributed by atoms with Gasteiger partial charge >= 0.3 is 12.1 Å². The maximum Gasteiger partial charge on any atom is 0.509 e. The van der Waals surface area contributed by atoms with Gasteiger partial charge in [-0.3, -0.25) is 9.59 Å². The van der Waals surface area contributed by atoms with Gasteiger partial charge in [0, 0.05) is 32.5 Å². The molecule has 61 heavy (non-hydrogen) atoms. The van der Waals surface area contributed by atoms with Gasteiger partial charge in [-0.25, -0.2) is 4.79 Å². The molecule has 1 aromatic rings. The highest BCUT2D eigenvalue weighted by Gasteiger charge is 2.53. The molecule has 0 bridgehead atoms. The van der Waals surface area contributed by atoms with Crippen molar-refractivity contribution in [1.29, 1.82) is 0 Å². The van der Waals surface area contributed by atoms with Crippen LogP contribution in [0.2, 0.25) is 0 Å². The number of aliphatic hydroxyl groups excluding tert-OH is 1. The largest absolute Gasteiger partial charge is 0.509 e. The molecule has 0 radical (unpaired) electrons. The molecule has 4 rings (SSSR count). The zero-order valence-corrected chi connectivity index (χ0v) is 38.7. The number of rotatable bonds is 11. The molecular formula is C46H73NO14. The average molecular weight is 864 g/mol. The summed E-state index contributed by atoms with van der Waals surface area (Å²) < 4.78 is 56.6. The minimum atomic E-state index is -1.68. The highest BCUT2D eigenvalue weighted by molar-refractivity contribution is 5.96. The second kappa shape index (κ2) is 21.1. The lowest BCUT2D eigenvalue weighted by molar-refractivity contribution is -0.319. The summed E-state index contributed by atoms with van der Waals surface area (Å²) in [7, 11) is 6.79. The van der Waals surface area contributed by atoms with E-state index in [1.807, 2.05) is 70.1 Å². The third kappa shape index (κ3) is 12.2. The molecule has 15 heteroatoms. The van der Waals surface area contributed by atoms with Gasteiger partial charge in [-0.1, -0.05) is 51.1 Å². The summed E-state index contributed by atoms with van der Waals surface area (Å²) in [5.74, 6) is -3.32. The molecule has 15 nitrogen and oxygen atoms in total. The number of aliphatic hydroxyl groups is 2. The number of likely N-dealkylation sites (N-methyl/N-ethyl adjacent to an activating group) is 1. The van der Waals surface area contributed by atoms with E-state index in [2.05, 4.69) is 0 Å². The van der Waals surface area contributed by atoms with Crippen molar-refractivity contribution in [1.82, 2.24) is 4.90 Å². The number of esters is 1. The van der Waals surface area contributed by atoms with Gasteiger partial charge in [0.25, 0.3) is 0 Å². The van der Waals surface area contributed by atoms with E-state index in [0.29, 0.717) is 12.0 Å². The van der Waals surface area contributed by atoms with Crippen LogP contribution in [0.4, 0.5) is 4.79 Å². The molecule has 0 aromatic heterocycles. The SMILES string of the molecule is CC[C@H]1OC(=O)[C@H](C)[C@@H](OC2C[C@@](C)(OC)[C@@H](O)[C@H](C)O2)[C@H](C)[C@@H](OC2O[C@H](C)C[C@H](N(C)C)[C@H]2OC(=O)OCc2ccccc2)[C@](C)(OC)C[C@@H](C)C(=O)/C(C)=C/[C@]1(C)O. The molecular weight excluding hydrogens is 790 g/mol. The van der Waals surface area contributed by atoms with Gasteiger partial charge in [0.15, 0.2) is 24.5 Å². The van der Waals surface area contributed by atoms with Gasteiger partial charge in [0.1, 0.15) is 24.4 Å². The maximum absolute atomic E-state index is 14.4. The van der Waals surface area contributed by atoms with E-state index in [1.165, 1.54) is 27.2 Å². The number of allylic oxidation sites excluding steroid dienone is 1. The summed E-state index contributed by atoms with van der Waals surface area (Å²) >= 11 is 0. The number of hydrogen-bond donors (Lipinski definition) is 2. The van der Waals surface area contributed by atoms with Gasteiger partial charge in [0.2, 0.25) is 0 Å². The van der Waals surface area contributed by atoms with Crippen molar-refractivity contribution in [3.05, 3.63) is 47.5 Å². The fourth-order valence-electron chi connectivity index (χ4n) is 9.24. The van der Waals surface area contributed by atoms with E-state index in [-0.39, 0.29) is 43.8 Å². The van der Waals surface area contributed by atoms with Crippen molar-refractivity contribution in [2.24, 2.45) is 17.8 Å². The first kappa shape index (κ1) is 50.7. The monoisotopic (exact) mass is 864 g/mol. The molecule has 0 saturated carbocycles. The summed E-state index contributed by atoms with van der Waals surface area (Å²) in [6.07, 6.45) is -6.68. The molecule has 2 saturated heterocycles. The molecule has 0 spiro atoms. The molecule has 3 heterocycles. The Morgan fingerprint density at radius 3 is 2.15 bits per heavy atom. The summed E-state index contributed by atoms with van der Waals surface area (Å²) in [6, 6.07) is 8.88. The van der Waals surface area contributed by atoms with E-state index in [1.54, 1.807) is 41.5 Å². The van der Waals surface area contributed by atoms with Crippen LogP contribution in [0.25, 0.3) is 0 Å². The minimum Gasteiger partial charge on any atom is -0.459 e. The summed E-state index contributed by atoms with van der Waals surface area (Å²) in [6.45, 7) is 17.5. The third-order valence-electron chi connectivity index (χ3n) is 13.0. The van der Waals surface area contributed by atoms with Crippen LogP contribution in [0.15, 0.2) is 42.0 Å².